The lowest BCUT2D eigenvalue weighted by molar-refractivity contribution is -0.137. The summed E-state index contributed by atoms with van der Waals surface area (Å²) in [5, 5.41) is 4.29. The topological polar surface area (TPSA) is 56.6 Å². The molecule has 1 N–H and O–H groups in total. The summed E-state index contributed by atoms with van der Waals surface area (Å²) in [5.41, 5.74) is 0.761. The lowest BCUT2D eigenvalue weighted by Crippen LogP contribution is -2.53. The van der Waals surface area contributed by atoms with Gasteiger partial charge in [-0.2, -0.15) is 17.9 Å². The average Bonchev–Trinajstić information content (AvgIpc) is 3.62. The van der Waals surface area contributed by atoms with Gasteiger partial charge < -0.3 is 14.5 Å². The zero-order valence-electron chi connectivity index (χ0n) is 20.6. The quantitative estimate of drug-likeness (QED) is 0.539. The number of halogens is 3. The van der Waals surface area contributed by atoms with Crippen molar-refractivity contribution in [2.24, 2.45) is 0 Å². The summed E-state index contributed by atoms with van der Waals surface area (Å²) in [6, 6.07) is 6.19. The first-order valence-electron chi connectivity index (χ1n) is 12.6. The second kappa shape index (κ2) is 10.2. The number of hydrogen-bond acceptors (Lipinski definition) is 6. The number of likely N-dealkylation sites (tertiary alicyclic amines) is 2. The molecule has 36 heavy (non-hydrogen) atoms. The third kappa shape index (κ3) is 5.18. The average molecular weight is 523 g/mol. The highest BCUT2D eigenvalue weighted by atomic mass is 32.2. The Hall–Kier alpha value is -2.40. The van der Waals surface area contributed by atoms with Crippen LogP contribution in [0.5, 0.6) is 0 Å². The SMILES string of the molecule is CSNc1ccn(C(=O)N2CCC3(CCCN3Cc3cc(N4CCCC4)cc(C(F)(F)F)c3)CC2)n1. The Bertz CT molecular complexity index is 1080. The monoisotopic (exact) mass is 522 g/mol. The number of alkyl halides is 3. The van der Waals surface area contributed by atoms with Crippen molar-refractivity contribution in [3.8, 4) is 0 Å². The number of amides is 1. The fraction of sp³-hybridized carbons (Fsp3) is 0.600. The molecule has 1 spiro atoms. The minimum Gasteiger partial charge on any atom is -0.372 e. The summed E-state index contributed by atoms with van der Waals surface area (Å²) in [6.45, 7) is 4.21. The second-order valence-electron chi connectivity index (χ2n) is 10.1. The Morgan fingerprint density at radius 1 is 1.06 bits per heavy atom. The van der Waals surface area contributed by atoms with Gasteiger partial charge in [-0.05, 0) is 68.8 Å². The summed E-state index contributed by atoms with van der Waals surface area (Å²) in [5.74, 6) is 0.640. The van der Waals surface area contributed by atoms with Gasteiger partial charge in [0.1, 0.15) is 0 Å². The predicted octanol–water partition coefficient (Wildman–Crippen LogP) is 5.29. The number of aromatic nitrogens is 2. The van der Waals surface area contributed by atoms with Crippen molar-refractivity contribution in [2.75, 3.05) is 48.6 Å². The van der Waals surface area contributed by atoms with Crippen molar-refractivity contribution in [3.05, 3.63) is 41.6 Å². The second-order valence-corrected chi connectivity index (χ2v) is 10.7. The molecule has 1 amide bonds. The molecule has 4 heterocycles. The summed E-state index contributed by atoms with van der Waals surface area (Å²) >= 11 is 1.42. The molecule has 7 nitrogen and oxygen atoms in total. The van der Waals surface area contributed by atoms with Gasteiger partial charge in [0.15, 0.2) is 5.82 Å². The van der Waals surface area contributed by atoms with Crippen molar-refractivity contribution in [1.82, 2.24) is 19.6 Å². The summed E-state index contributed by atoms with van der Waals surface area (Å²) in [7, 11) is 0. The van der Waals surface area contributed by atoms with Crippen LogP contribution < -0.4 is 9.62 Å². The van der Waals surface area contributed by atoms with E-state index < -0.39 is 11.7 Å². The van der Waals surface area contributed by atoms with Crippen LogP contribution in [0.3, 0.4) is 0 Å². The van der Waals surface area contributed by atoms with Crippen LogP contribution in [0.15, 0.2) is 30.5 Å². The molecule has 0 bridgehead atoms. The van der Waals surface area contributed by atoms with Gasteiger partial charge >= 0.3 is 12.2 Å². The normalized spacial score (nSPS) is 20.4. The highest BCUT2D eigenvalue weighted by molar-refractivity contribution is 7.99. The molecule has 1 aromatic heterocycles. The van der Waals surface area contributed by atoms with E-state index in [2.05, 4.69) is 19.6 Å². The van der Waals surface area contributed by atoms with Crippen LogP contribution in [0.1, 0.15) is 49.7 Å². The van der Waals surface area contributed by atoms with E-state index in [9.17, 15) is 18.0 Å². The smallest absolute Gasteiger partial charge is 0.372 e. The zero-order valence-corrected chi connectivity index (χ0v) is 21.4. The molecule has 0 saturated carbocycles. The Morgan fingerprint density at radius 2 is 1.81 bits per heavy atom. The minimum atomic E-state index is -4.36. The van der Waals surface area contributed by atoms with E-state index in [0.717, 1.165) is 63.7 Å². The van der Waals surface area contributed by atoms with Crippen molar-refractivity contribution >= 4 is 29.5 Å². The van der Waals surface area contributed by atoms with E-state index in [1.54, 1.807) is 12.3 Å². The number of nitrogens with zero attached hydrogens (tertiary/aromatic N) is 5. The predicted molar refractivity (Wildman–Crippen MR) is 136 cm³/mol. The molecule has 2 aromatic rings. The first-order valence-corrected chi connectivity index (χ1v) is 13.9. The van der Waals surface area contributed by atoms with E-state index in [1.165, 1.54) is 28.8 Å². The molecule has 196 valence electrons. The molecule has 0 radical (unpaired) electrons. The van der Waals surface area contributed by atoms with Crippen molar-refractivity contribution in [2.45, 2.75) is 56.8 Å². The van der Waals surface area contributed by atoms with Crippen molar-refractivity contribution in [1.29, 1.82) is 0 Å². The molecule has 3 aliphatic heterocycles. The summed E-state index contributed by atoms with van der Waals surface area (Å²) in [4.78, 5) is 19.2. The maximum Gasteiger partial charge on any atom is 0.416 e. The maximum absolute atomic E-state index is 13.7. The number of nitrogens with one attached hydrogen (secondary N) is 1. The Morgan fingerprint density at radius 3 is 2.50 bits per heavy atom. The van der Waals surface area contributed by atoms with E-state index in [1.807, 2.05) is 17.2 Å². The van der Waals surface area contributed by atoms with Crippen LogP contribution in [0.25, 0.3) is 0 Å². The van der Waals surface area contributed by atoms with Gasteiger partial charge in [-0.1, -0.05) is 11.9 Å². The number of anilines is 2. The molecule has 3 saturated heterocycles. The molecule has 1 aromatic carbocycles. The van der Waals surface area contributed by atoms with Crippen molar-refractivity contribution < 1.29 is 18.0 Å². The van der Waals surface area contributed by atoms with E-state index in [4.69, 9.17) is 0 Å². The van der Waals surface area contributed by atoms with Crippen LogP contribution in [0.4, 0.5) is 29.5 Å². The molecule has 11 heteroatoms. The third-order valence-corrected chi connectivity index (χ3v) is 8.26. The van der Waals surface area contributed by atoms with Gasteiger partial charge in [-0.15, -0.1) is 5.10 Å². The van der Waals surface area contributed by atoms with Crippen LogP contribution in [-0.4, -0.2) is 70.1 Å². The first-order chi connectivity index (χ1) is 17.3. The lowest BCUT2D eigenvalue weighted by Gasteiger charge is -2.45. The molecule has 3 fully saturated rings. The van der Waals surface area contributed by atoms with Crippen LogP contribution in [-0.2, 0) is 12.7 Å². The van der Waals surface area contributed by atoms with E-state index in [-0.39, 0.29) is 11.6 Å². The lowest BCUT2D eigenvalue weighted by atomic mass is 9.84. The fourth-order valence-corrected chi connectivity index (χ4v) is 6.28. The van der Waals surface area contributed by atoms with Gasteiger partial charge in [-0.3, -0.25) is 4.90 Å². The first kappa shape index (κ1) is 25.3. The van der Waals surface area contributed by atoms with Crippen LogP contribution in [0.2, 0.25) is 0 Å². The molecule has 0 atom stereocenters. The number of piperidine rings is 1. The van der Waals surface area contributed by atoms with Gasteiger partial charge in [0.05, 0.1) is 5.56 Å². The maximum atomic E-state index is 13.7. The standard InChI is InChI=1S/C25H33F3N6OS/c1-36-30-22-5-12-34(29-22)23(35)32-13-7-24(8-14-32)6-4-11-33(24)18-19-15-20(25(26,27)28)17-21(16-19)31-9-2-3-10-31/h5,12,15-17H,2-4,6-11,13-14,18H2,1H3,(H,29,30). The molecule has 5 rings (SSSR count). The van der Waals surface area contributed by atoms with E-state index in [0.29, 0.717) is 31.1 Å². The number of benzene rings is 1. The van der Waals surface area contributed by atoms with E-state index >= 15 is 0 Å². The van der Waals surface area contributed by atoms with Gasteiger partial charge in [0.2, 0.25) is 0 Å². The van der Waals surface area contributed by atoms with Crippen LogP contribution >= 0.6 is 11.9 Å². The summed E-state index contributed by atoms with van der Waals surface area (Å²) < 4.78 is 45.5. The van der Waals surface area contributed by atoms with Crippen LogP contribution in [0, 0.1) is 0 Å². The largest absolute Gasteiger partial charge is 0.416 e. The third-order valence-electron chi connectivity index (χ3n) is 7.85. The Kier molecular flexibility index (Phi) is 7.13. The van der Waals surface area contributed by atoms with Gasteiger partial charge in [0.25, 0.3) is 0 Å². The molecule has 3 aliphatic rings. The molecular formula is C25H33F3N6OS. The molecule has 0 unspecified atom stereocenters. The fourth-order valence-electron chi connectivity index (χ4n) is 5.96. The number of carbonyl (C=O) groups is 1. The highest BCUT2D eigenvalue weighted by Crippen LogP contribution is 2.41. The minimum absolute atomic E-state index is 0.0749. The van der Waals surface area contributed by atoms with Crippen molar-refractivity contribution in [3.63, 3.8) is 0 Å². The van der Waals surface area contributed by atoms with Gasteiger partial charge in [0, 0.05) is 62.5 Å². The number of rotatable bonds is 5. The number of carbonyl (C=O) groups excluding carboxylic acids is 1. The zero-order chi connectivity index (χ0) is 25.3. The Balaban J connectivity index is 1.29. The highest BCUT2D eigenvalue weighted by Gasteiger charge is 2.44. The van der Waals surface area contributed by atoms with Gasteiger partial charge in [-0.25, -0.2) is 4.79 Å². The number of hydrogen-bond donors (Lipinski definition) is 1. The molecule has 0 aliphatic carbocycles. The summed E-state index contributed by atoms with van der Waals surface area (Å²) in [6.07, 6.45) is 4.89. The Labute approximate surface area is 214 Å². The molecular weight excluding hydrogens is 489 g/mol.